The van der Waals surface area contributed by atoms with E-state index in [1.807, 2.05) is 19.9 Å². The molecule has 0 saturated heterocycles. The van der Waals surface area contributed by atoms with Crippen LogP contribution in [0.15, 0.2) is 42.5 Å². The molecule has 2 rings (SSSR count). The summed E-state index contributed by atoms with van der Waals surface area (Å²) in [5.74, 6) is 0.140. The first-order chi connectivity index (χ1) is 12.4. The molecule has 0 aliphatic heterocycles. The molecule has 0 bridgehead atoms. The number of halogens is 1. The highest BCUT2D eigenvalue weighted by molar-refractivity contribution is 6.32. The van der Waals surface area contributed by atoms with Gasteiger partial charge in [0.05, 0.1) is 0 Å². The van der Waals surface area contributed by atoms with E-state index in [-0.39, 0.29) is 6.61 Å². The summed E-state index contributed by atoms with van der Waals surface area (Å²) in [5.41, 5.74) is 6.32. The van der Waals surface area contributed by atoms with Crippen molar-refractivity contribution in [3.8, 4) is 11.5 Å². The second-order valence-electron chi connectivity index (χ2n) is 5.77. The van der Waals surface area contributed by atoms with Crippen LogP contribution in [0.5, 0.6) is 11.5 Å². The number of amides is 2. The molecule has 0 saturated carbocycles. The predicted octanol–water partition coefficient (Wildman–Crippen LogP) is 2.95. The lowest BCUT2D eigenvalue weighted by Gasteiger charge is -2.15. The summed E-state index contributed by atoms with van der Waals surface area (Å²) in [5, 5.41) is 0.668. The fraction of sp³-hybridized carbons (Fsp3) is 0.263. The molecule has 1 unspecified atom stereocenters. The maximum atomic E-state index is 11.9. The lowest BCUT2D eigenvalue weighted by molar-refractivity contribution is -0.133. The molecular formula is C19H21ClN2O4. The topological polar surface area (TPSA) is 76.7 Å². The summed E-state index contributed by atoms with van der Waals surface area (Å²) in [6.07, 6.45) is -0.764. The first-order valence-electron chi connectivity index (χ1n) is 8.06. The van der Waals surface area contributed by atoms with Gasteiger partial charge in [-0.3, -0.25) is 20.4 Å². The minimum atomic E-state index is -0.764. The van der Waals surface area contributed by atoms with Gasteiger partial charge in [0.25, 0.3) is 11.8 Å². The average Bonchev–Trinajstić information content (AvgIpc) is 2.63. The Balaban J connectivity index is 1.76. The Bertz CT molecular complexity index is 757. The SMILES string of the molecule is Cc1cc(OCC(=O)NNC(=O)C(C)Oc2ccccc2)cc(C)c1Cl. The van der Waals surface area contributed by atoms with Crippen LogP contribution in [-0.2, 0) is 9.59 Å². The van der Waals surface area contributed by atoms with Crippen molar-refractivity contribution in [1.29, 1.82) is 0 Å². The zero-order chi connectivity index (χ0) is 19.1. The standard InChI is InChI=1S/C19H21ClN2O4/c1-12-9-16(10-13(2)18(12)20)25-11-17(23)21-22-19(24)14(3)26-15-7-5-4-6-8-15/h4-10,14H,11H2,1-3H3,(H,21,23)(H,22,24). The van der Waals surface area contributed by atoms with E-state index in [0.717, 1.165) is 11.1 Å². The van der Waals surface area contributed by atoms with Crippen molar-refractivity contribution in [2.75, 3.05) is 6.61 Å². The summed E-state index contributed by atoms with van der Waals surface area (Å²) in [4.78, 5) is 23.8. The Morgan fingerprint density at radius 2 is 1.65 bits per heavy atom. The molecule has 6 nitrogen and oxygen atoms in total. The first-order valence-corrected chi connectivity index (χ1v) is 8.44. The molecule has 0 fully saturated rings. The number of nitrogens with one attached hydrogen (secondary N) is 2. The summed E-state index contributed by atoms with van der Waals surface area (Å²) >= 11 is 6.09. The third-order valence-corrected chi connectivity index (χ3v) is 4.13. The van der Waals surface area contributed by atoms with Crippen LogP contribution in [-0.4, -0.2) is 24.5 Å². The van der Waals surface area contributed by atoms with Gasteiger partial charge in [0.2, 0.25) is 0 Å². The normalized spacial score (nSPS) is 11.4. The van der Waals surface area contributed by atoms with Crippen molar-refractivity contribution in [2.24, 2.45) is 0 Å². The van der Waals surface area contributed by atoms with E-state index in [0.29, 0.717) is 16.5 Å². The highest BCUT2D eigenvalue weighted by atomic mass is 35.5. The van der Waals surface area contributed by atoms with Crippen molar-refractivity contribution in [2.45, 2.75) is 26.9 Å². The molecule has 2 aromatic rings. The number of hydrogen-bond donors (Lipinski definition) is 2. The maximum absolute atomic E-state index is 11.9. The lowest BCUT2D eigenvalue weighted by atomic mass is 10.1. The minimum absolute atomic E-state index is 0.241. The van der Waals surface area contributed by atoms with Crippen LogP contribution in [0.4, 0.5) is 0 Å². The fourth-order valence-corrected chi connectivity index (χ4v) is 2.27. The smallest absolute Gasteiger partial charge is 0.279 e. The molecule has 0 spiro atoms. The summed E-state index contributed by atoms with van der Waals surface area (Å²) < 4.78 is 10.9. The van der Waals surface area contributed by atoms with Crippen molar-refractivity contribution in [3.63, 3.8) is 0 Å². The summed E-state index contributed by atoms with van der Waals surface area (Å²) in [7, 11) is 0. The van der Waals surface area contributed by atoms with E-state index in [1.54, 1.807) is 43.3 Å². The van der Waals surface area contributed by atoms with Crippen LogP contribution < -0.4 is 20.3 Å². The molecule has 2 N–H and O–H groups in total. The van der Waals surface area contributed by atoms with E-state index < -0.39 is 17.9 Å². The molecule has 26 heavy (non-hydrogen) atoms. The van der Waals surface area contributed by atoms with Crippen LogP contribution in [0, 0.1) is 13.8 Å². The van der Waals surface area contributed by atoms with Crippen molar-refractivity contribution in [1.82, 2.24) is 10.9 Å². The quantitative estimate of drug-likeness (QED) is 0.760. The zero-order valence-electron chi connectivity index (χ0n) is 14.8. The number of hydrogen-bond acceptors (Lipinski definition) is 4. The number of benzene rings is 2. The number of aryl methyl sites for hydroxylation is 2. The second kappa shape index (κ2) is 9.10. The number of carbonyl (C=O) groups excluding carboxylic acids is 2. The molecule has 2 amide bonds. The van der Waals surface area contributed by atoms with Crippen molar-refractivity contribution >= 4 is 23.4 Å². The number of para-hydroxylation sites is 1. The van der Waals surface area contributed by atoms with Gasteiger partial charge >= 0.3 is 0 Å². The van der Waals surface area contributed by atoms with Crippen molar-refractivity contribution in [3.05, 3.63) is 58.6 Å². The number of rotatable bonds is 6. The maximum Gasteiger partial charge on any atom is 0.279 e. The van der Waals surface area contributed by atoms with Gasteiger partial charge in [0, 0.05) is 5.02 Å². The Morgan fingerprint density at radius 1 is 1.04 bits per heavy atom. The zero-order valence-corrected chi connectivity index (χ0v) is 15.6. The van der Waals surface area contributed by atoms with Gasteiger partial charge in [-0.1, -0.05) is 29.8 Å². The molecule has 7 heteroatoms. The molecule has 0 heterocycles. The monoisotopic (exact) mass is 376 g/mol. The average molecular weight is 377 g/mol. The highest BCUT2D eigenvalue weighted by Crippen LogP contribution is 2.25. The van der Waals surface area contributed by atoms with Gasteiger partial charge < -0.3 is 9.47 Å². The van der Waals surface area contributed by atoms with Gasteiger partial charge in [-0.25, -0.2) is 0 Å². The van der Waals surface area contributed by atoms with Gasteiger partial charge in [-0.2, -0.15) is 0 Å². The van der Waals surface area contributed by atoms with Crippen molar-refractivity contribution < 1.29 is 19.1 Å². The van der Waals surface area contributed by atoms with Crippen LogP contribution in [0.3, 0.4) is 0 Å². The molecule has 138 valence electrons. The Morgan fingerprint density at radius 3 is 2.27 bits per heavy atom. The molecule has 0 aliphatic carbocycles. The van der Waals surface area contributed by atoms with Gasteiger partial charge in [-0.15, -0.1) is 0 Å². The molecule has 0 aromatic heterocycles. The van der Waals surface area contributed by atoms with Crippen LogP contribution in [0.1, 0.15) is 18.1 Å². The number of ether oxygens (including phenoxy) is 2. The Kier molecular flexibility index (Phi) is 6.86. The Hall–Kier alpha value is -2.73. The van der Waals surface area contributed by atoms with Crippen LogP contribution in [0.25, 0.3) is 0 Å². The molecule has 1 atom stereocenters. The van der Waals surface area contributed by atoms with E-state index in [2.05, 4.69) is 10.9 Å². The van der Waals surface area contributed by atoms with Gasteiger partial charge in [0.15, 0.2) is 12.7 Å². The lowest BCUT2D eigenvalue weighted by Crippen LogP contribution is -2.48. The van der Waals surface area contributed by atoms with E-state index in [1.165, 1.54) is 0 Å². The summed E-state index contributed by atoms with van der Waals surface area (Å²) in [6, 6.07) is 12.4. The van der Waals surface area contributed by atoms with Crippen LogP contribution >= 0.6 is 11.6 Å². The van der Waals surface area contributed by atoms with E-state index in [9.17, 15) is 9.59 Å². The van der Waals surface area contributed by atoms with E-state index >= 15 is 0 Å². The molecule has 0 radical (unpaired) electrons. The fourth-order valence-electron chi connectivity index (χ4n) is 2.16. The molecular weight excluding hydrogens is 356 g/mol. The third kappa shape index (κ3) is 5.67. The largest absolute Gasteiger partial charge is 0.484 e. The number of hydrazine groups is 1. The Labute approximate surface area is 157 Å². The highest BCUT2D eigenvalue weighted by Gasteiger charge is 2.15. The molecule has 0 aliphatic rings. The third-order valence-electron chi connectivity index (χ3n) is 3.53. The predicted molar refractivity (Wildman–Crippen MR) is 99.2 cm³/mol. The van der Waals surface area contributed by atoms with Gasteiger partial charge in [0.1, 0.15) is 11.5 Å². The van der Waals surface area contributed by atoms with Gasteiger partial charge in [-0.05, 0) is 56.2 Å². The minimum Gasteiger partial charge on any atom is -0.484 e. The summed E-state index contributed by atoms with van der Waals surface area (Å²) in [6.45, 7) is 5.06. The number of carbonyl (C=O) groups is 2. The molecule has 2 aromatic carbocycles. The first kappa shape index (κ1) is 19.6. The van der Waals surface area contributed by atoms with Crippen LogP contribution in [0.2, 0.25) is 5.02 Å². The van der Waals surface area contributed by atoms with E-state index in [4.69, 9.17) is 21.1 Å². The second-order valence-corrected chi connectivity index (χ2v) is 6.15.